The van der Waals surface area contributed by atoms with Gasteiger partial charge in [-0.05, 0) is 29.4 Å². The molecule has 0 aliphatic carbocycles. The van der Waals surface area contributed by atoms with Gasteiger partial charge in [-0.2, -0.15) is 16.9 Å². The van der Waals surface area contributed by atoms with Crippen molar-refractivity contribution in [2.75, 3.05) is 17.4 Å². The highest BCUT2D eigenvalue weighted by Crippen LogP contribution is 2.11. The summed E-state index contributed by atoms with van der Waals surface area (Å²) >= 11 is 7.69. The number of aromatic nitrogens is 2. The average molecular weight is 233 g/mol. The predicted molar refractivity (Wildman–Crippen MR) is 64.1 cm³/mol. The standard InChI is InChI=1S/C10H17ClN2S/c1-9(5-11)8-14-4-3-10-6-12-13(2)7-10/h6-7,9H,3-5,8H2,1-2H3. The highest BCUT2D eigenvalue weighted by atomic mass is 35.5. The lowest BCUT2D eigenvalue weighted by atomic mass is 10.3. The Balaban J connectivity index is 2.10. The van der Waals surface area contributed by atoms with E-state index in [0.29, 0.717) is 5.92 Å². The summed E-state index contributed by atoms with van der Waals surface area (Å²) in [6.07, 6.45) is 5.12. The highest BCUT2D eigenvalue weighted by Gasteiger charge is 2.00. The van der Waals surface area contributed by atoms with Crippen molar-refractivity contribution in [3.63, 3.8) is 0 Å². The van der Waals surface area contributed by atoms with E-state index in [1.54, 1.807) is 0 Å². The van der Waals surface area contributed by atoms with Crippen LogP contribution < -0.4 is 0 Å². The Hall–Kier alpha value is -0.150. The average Bonchev–Trinajstić information content (AvgIpc) is 2.58. The molecule has 0 saturated heterocycles. The van der Waals surface area contributed by atoms with Gasteiger partial charge < -0.3 is 0 Å². The Labute approximate surface area is 95.0 Å². The molecule has 0 aromatic carbocycles. The lowest BCUT2D eigenvalue weighted by molar-refractivity contribution is 0.758. The maximum atomic E-state index is 5.72. The van der Waals surface area contributed by atoms with Crippen molar-refractivity contribution in [3.05, 3.63) is 18.0 Å². The number of halogens is 1. The van der Waals surface area contributed by atoms with Crippen LogP contribution >= 0.6 is 23.4 Å². The minimum atomic E-state index is 0.621. The summed E-state index contributed by atoms with van der Waals surface area (Å²) in [6, 6.07) is 0. The Morgan fingerprint density at radius 3 is 3.00 bits per heavy atom. The molecule has 0 bridgehead atoms. The number of alkyl halides is 1. The molecule has 1 unspecified atom stereocenters. The van der Waals surface area contributed by atoms with E-state index >= 15 is 0 Å². The molecule has 0 saturated carbocycles. The van der Waals surface area contributed by atoms with Gasteiger partial charge in [0.2, 0.25) is 0 Å². The zero-order valence-corrected chi connectivity index (χ0v) is 10.3. The third-order valence-corrected chi connectivity index (χ3v) is 3.78. The third kappa shape index (κ3) is 4.38. The third-order valence-electron chi connectivity index (χ3n) is 1.96. The number of hydrogen-bond acceptors (Lipinski definition) is 2. The van der Waals surface area contributed by atoms with Crippen LogP contribution in [0.25, 0.3) is 0 Å². The first kappa shape index (κ1) is 11.9. The van der Waals surface area contributed by atoms with Crippen LogP contribution in [0.1, 0.15) is 12.5 Å². The summed E-state index contributed by atoms with van der Waals surface area (Å²) in [5.74, 6) is 3.70. The van der Waals surface area contributed by atoms with Crippen LogP contribution in [-0.4, -0.2) is 27.2 Å². The van der Waals surface area contributed by atoms with Crippen LogP contribution in [0.4, 0.5) is 0 Å². The van der Waals surface area contributed by atoms with Crippen LogP contribution in [0.5, 0.6) is 0 Å². The van der Waals surface area contributed by atoms with Gasteiger partial charge in [0, 0.05) is 19.1 Å². The monoisotopic (exact) mass is 232 g/mol. The largest absolute Gasteiger partial charge is 0.276 e. The predicted octanol–water partition coefficient (Wildman–Crippen LogP) is 2.57. The molecular weight excluding hydrogens is 216 g/mol. The van der Waals surface area contributed by atoms with Crippen molar-refractivity contribution in [2.45, 2.75) is 13.3 Å². The van der Waals surface area contributed by atoms with Gasteiger partial charge >= 0.3 is 0 Å². The summed E-state index contributed by atoms with van der Waals surface area (Å²) in [6.45, 7) is 2.18. The maximum absolute atomic E-state index is 5.72. The summed E-state index contributed by atoms with van der Waals surface area (Å²) in [4.78, 5) is 0. The fourth-order valence-corrected chi connectivity index (χ4v) is 2.43. The molecule has 14 heavy (non-hydrogen) atoms. The molecule has 0 fully saturated rings. The van der Waals surface area contributed by atoms with Crippen LogP contribution in [0.3, 0.4) is 0 Å². The fourth-order valence-electron chi connectivity index (χ4n) is 1.12. The van der Waals surface area contributed by atoms with Crippen molar-refractivity contribution in [2.24, 2.45) is 13.0 Å². The Morgan fingerprint density at radius 2 is 2.43 bits per heavy atom. The molecule has 0 radical (unpaired) electrons. The normalized spacial score (nSPS) is 13.1. The summed E-state index contributed by atoms with van der Waals surface area (Å²) < 4.78 is 1.85. The molecule has 1 heterocycles. The van der Waals surface area contributed by atoms with E-state index in [2.05, 4.69) is 18.2 Å². The van der Waals surface area contributed by atoms with Gasteiger partial charge in [-0.25, -0.2) is 0 Å². The van der Waals surface area contributed by atoms with Gasteiger partial charge in [0.25, 0.3) is 0 Å². The quantitative estimate of drug-likeness (QED) is 0.554. The number of thioether (sulfide) groups is 1. The minimum Gasteiger partial charge on any atom is -0.276 e. The summed E-state index contributed by atoms with van der Waals surface area (Å²) in [5, 5.41) is 4.13. The van der Waals surface area contributed by atoms with Gasteiger partial charge in [-0.3, -0.25) is 4.68 Å². The van der Waals surface area contributed by atoms with Crippen molar-refractivity contribution in [1.82, 2.24) is 9.78 Å². The van der Waals surface area contributed by atoms with E-state index in [1.165, 1.54) is 5.56 Å². The number of hydrogen-bond donors (Lipinski definition) is 0. The second-order valence-corrected chi connectivity index (χ2v) is 5.07. The Morgan fingerprint density at radius 1 is 1.64 bits per heavy atom. The van der Waals surface area contributed by atoms with Gasteiger partial charge in [0.15, 0.2) is 0 Å². The molecule has 80 valence electrons. The van der Waals surface area contributed by atoms with Crippen LogP contribution in [0.15, 0.2) is 12.4 Å². The highest BCUT2D eigenvalue weighted by molar-refractivity contribution is 7.99. The van der Waals surface area contributed by atoms with Gasteiger partial charge in [0.1, 0.15) is 0 Å². The SMILES string of the molecule is CC(CCl)CSCCc1cnn(C)c1. The second-order valence-electron chi connectivity index (χ2n) is 3.61. The molecule has 1 aromatic rings. The van der Waals surface area contributed by atoms with Crippen LogP contribution in [0.2, 0.25) is 0 Å². The number of rotatable bonds is 6. The zero-order chi connectivity index (χ0) is 10.4. The van der Waals surface area contributed by atoms with E-state index in [4.69, 9.17) is 11.6 Å². The van der Waals surface area contributed by atoms with Crippen LogP contribution in [0, 0.1) is 5.92 Å². The Bertz CT molecular complexity index is 262. The topological polar surface area (TPSA) is 17.8 Å². The van der Waals surface area contributed by atoms with Crippen molar-refractivity contribution in [3.8, 4) is 0 Å². The first-order valence-corrected chi connectivity index (χ1v) is 6.52. The Kier molecular flexibility index (Phi) is 5.41. The molecule has 0 amide bonds. The first-order valence-electron chi connectivity index (χ1n) is 4.83. The van der Waals surface area contributed by atoms with Gasteiger partial charge in [-0.15, -0.1) is 11.6 Å². The molecular formula is C10H17ClN2S. The van der Waals surface area contributed by atoms with Crippen molar-refractivity contribution in [1.29, 1.82) is 0 Å². The molecule has 0 aliphatic rings. The van der Waals surface area contributed by atoms with Crippen molar-refractivity contribution < 1.29 is 0 Å². The minimum absolute atomic E-state index is 0.621. The molecule has 0 spiro atoms. The zero-order valence-electron chi connectivity index (χ0n) is 8.74. The number of nitrogens with zero attached hydrogens (tertiary/aromatic N) is 2. The molecule has 0 aliphatic heterocycles. The lowest BCUT2D eigenvalue weighted by Gasteiger charge is -2.05. The lowest BCUT2D eigenvalue weighted by Crippen LogP contribution is -2.00. The van der Waals surface area contributed by atoms with E-state index in [-0.39, 0.29) is 0 Å². The molecule has 1 aromatic heterocycles. The van der Waals surface area contributed by atoms with Gasteiger partial charge in [0.05, 0.1) is 6.20 Å². The smallest absolute Gasteiger partial charge is 0.0521 e. The van der Waals surface area contributed by atoms with E-state index in [0.717, 1.165) is 23.8 Å². The molecule has 4 heteroatoms. The summed E-state index contributed by atoms with van der Waals surface area (Å²) in [5.41, 5.74) is 1.32. The van der Waals surface area contributed by atoms with E-state index in [9.17, 15) is 0 Å². The van der Waals surface area contributed by atoms with E-state index < -0.39 is 0 Å². The number of aryl methyl sites for hydroxylation is 2. The van der Waals surface area contributed by atoms with E-state index in [1.807, 2.05) is 29.7 Å². The fraction of sp³-hybridized carbons (Fsp3) is 0.700. The van der Waals surface area contributed by atoms with Gasteiger partial charge in [-0.1, -0.05) is 6.92 Å². The maximum Gasteiger partial charge on any atom is 0.0521 e. The molecule has 0 N–H and O–H groups in total. The van der Waals surface area contributed by atoms with Crippen LogP contribution in [-0.2, 0) is 13.5 Å². The van der Waals surface area contributed by atoms with Crippen molar-refractivity contribution >= 4 is 23.4 Å². The first-order chi connectivity index (χ1) is 6.72. The second kappa shape index (κ2) is 6.36. The summed E-state index contributed by atoms with van der Waals surface area (Å²) in [7, 11) is 1.95. The molecule has 1 atom stereocenters. The molecule has 2 nitrogen and oxygen atoms in total. The molecule has 1 rings (SSSR count).